The van der Waals surface area contributed by atoms with Crippen LogP contribution in [0.15, 0.2) is 60.7 Å². The second-order valence-corrected chi connectivity index (χ2v) is 11.2. The van der Waals surface area contributed by atoms with Crippen LogP contribution in [0.1, 0.15) is 67.8 Å². The Morgan fingerprint density at radius 3 is 1.47 bits per heavy atom. The van der Waals surface area contributed by atoms with E-state index in [1.165, 1.54) is 6.07 Å². The molecule has 0 saturated heterocycles. The van der Waals surface area contributed by atoms with E-state index >= 15 is 0 Å². The van der Waals surface area contributed by atoms with Gasteiger partial charge in [-0.1, -0.05) is 25.6 Å². The summed E-state index contributed by atoms with van der Waals surface area (Å²) >= 11 is 0. The first-order valence-electron chi connectivity index (χ1n) is 14.8. The molecule has 0 bridgehead atoms. The van der Waals surface area contributed by atoms with Crippen molar-refractivity contribution in [2.24, 2.45) is 0 Å². The summed E-state index contributed by atoms with van der Waals surface area (Å²) in [7, 11) is 6.30. The normalized spacial score (nSPS) is 16.1. The van der Waals surface area contributed by atoms with Gasteiger partial charge in [-0.25, -0.2) is 0 Å². The molecule has 47 heavy (non-hydrogen) atoms. The predicted octanol–water partition coefficient (Wildman–Crippen LogP) is 7.39. The molecule has 4 aromatic carbocycles. The fourth-order valence-electron chi connectivity index (χ4n) is 5.73. The highest BCUT2D eigenvalue weighted by molar-refractivity contribution is 6.05. The van der Waals surface area contributed by atoms with Crippen molar-refractivity contribution in [1.82, 2.24) is 0 Å². The highest BCUT2D eigenvalue weighted by Crippen LogP contribution is 2.41. The Morgan fingerprint density at radius 1 is 0.596 bits per heavy atom. The molecule has 2 atom stereocenters. The van der Waals surface area contributed by atoms with E-state index in [9.17, 15) is 14.7 Å². The summed E-state index contributed by atoms with van der Waals surface area (Å²) in [6.45, 7) is 6.30. The number of Topliss-reactive ketones (excluding diaryl/α,β-unsaturated/α-hetero) is 2. The van der Waals surface area contributed by atoms with Gasteiger partial charge in [0.15, 0.2) is 34.6 Å². The minimum Gasteiger partial charge on any atom is -0.508 e. The lowest BCUT2D eigenvalue weighted by Crippen LogP contribution is -2.26. The third-order valence-corrected chi connectivity index (χ3v) is 8.63. The van der Waals surface area contributed by atoms with Crippen molar-refractivity contribution in [2.75, 3.05) is 41.7 Å². The standard InChI is InChI=1S/C19H20O4.C18H18O5.CH4/c1-11-5-7-14-18(20)15(10-23-19(14)12(11)2)13-6-8-16(21-3)17(9-13)22-4;1-10-14(19)6-5-12-17(20)13(9-23-18(10)12)11-4-7-15(21-2)16(8-11)22-3;/h5-9,15H,10H2,1-4H3;4-8,13,19H,9H2,1-3H3;1H4. The first-order chi connectivity index (χ1) is 22.1. The van der Waals surface area contributed by atoms with E-state index in [4.69, 9.17) is 28.4 Å². The molecule has 4 aromatic rings. The minimum absolute atomic E-state index is 0. The van der Waals surface area contributed by atoms with E-state index in [1.807, 2.05) is 50.2 Å². The van der Waals surface area contributed by atoms with Crippen LogP contribution in [0, 0.1) is 20.8 Å². The Kier molecular flexibility index (Phi) is 10.7. The number of phenolic OH excluding ortho intramolecular Hbond substituents is 1. The Labute approximate surface area is 276 Å². The number of rotatable bonds is 6. The van der Waals surface area contributed by atoms with E-state index in [0.717, 1.165) is 22.3 Å². The largest absolute Gasteiger partial charge is 0.508 e. The smallest absolute Gasteiger partial charge is 0.177 e. The van der Waals surface area contributed by atoms with Gasteiger partial charge in [0.2, 0.25) is 0 Å². The number of hydrogen-bond donors (Lipinski definition) is 1. The van der Waals surface area contributed by atoms with Gasteiger partial charge in [0.1, 0.15) is 30.5 Å². The average molecular weight is 643 g/mol. The van der Waals surface area contributed by atoms with Crippen molar-refractivity contribution < 1.29 is 43.1 Å². The lowest BCUT2D eigenvalue weighted by molar-refractivity contribution is 0.0886. The predicted molar refractivity (Wildman–Crippen MR) is 180 cm³/mol. The number of ketones is 2. The molecule has 0 spiro atoms. The molecule has 2 heterocycles. The zero-order valence-corrected chi connectivity index (χ0v) is 27.1. The Morgan fingerprint density at radius 2 is 1.02 bits per heavy atom. The van der Waals surface area contributed by atoms with Gasteiger partial charge in [0.05, 0.1) is 51.4 Å². The van der Waals surface area contributed by atoms with Crippen molar-refractivity contribution in [3.63, 3.8) is 0 Å². The van der Waals surface area contributed by atoms with Gasteiger partial charge < -0.3 is 33.5 Å². The fourth-order valence-corrected chi connectivity index (χ4v) is 5.73. The molecule has 248 valence electrons. The summed E-state index contributed by atoms with van der Waals surface area (Å²) in [5.41, 5.74) is 5.57. The molecule has 9 heteroatoms. The molecule has 1 N–H and O–H groups in total. The number of fused-ring (bicyclic) bond motifs is 2. The number of aryl methyl sites for hydroxylation is 1. The highest BCUT2D eigenvalue weighted by Gasteiger charge is 2.33. The quantitative estimate of drug-likeness (QED) is 0.230. The van der Waals surface area contributed by atoms with Gasteiger partial charge >= 0.3 is 0 Å². The summed E-state index contributed by atoms with van der Waals surface area (Å²) < 4.78 is 32.8. The number of methoxy groups -OCH3 is 4. The Bertz CT molecular complexity index is 1660. The Hall–Kier alpha value is -5.18. The lowest BCUT2D eigenvalue weighted by Gasteiger charge is -2.26. The van der Waals surface area contributed by atoms with E-state index in [2.05, 4.69) is 0 Å². The van der Waals surface area contributed by atoms with Crippen molar-refractivity contribution in [1.29, 1.82) is 0 Å². The van der Waals surface area contributed by atoms with Crippen molar-refractivity contribution >= 4 is 11.6 Å². The zero-order chi connectivity index (χ0) is 33.1. The third-order valence-electron chi connectivity index (χ3n) is 8.63. The van der Waals surface area contributed by atoms with E-state index in [1.54, 1.807) is 53.6 Å². The first-order valence-corrected chi connectivity index (χ1v) is 14.8. The number of carbonyl (C=O) groups is 2. The van der Waals surface area contributed by atoms with Gasteiger partial charge in [-0.2, -0.15) is 0 Å². The summed E-state index contributed by atoms with van der Waals surface area (Å²) in [6, 6.07) is 17.9. The average Bonchev–Trinajstić information content (AvgIpc) is 3.08. The second kappa shape index (κ2) is 14.5. The molecule has 0 amide bonds. The van der Waals surface area contributed by atoms with Gasteiger partial charge in [-0.05, 0) is 85.5 Å². The topological polar surface area (TPSA) is 110 Å². The molecule has 2 aliphatic heterocycles. The van der Waals surface area contributed by atoms with Crippen molar-refractivity contribution in [3.05, 3.63) is 99.6 Å². The van der Waals surface area contributed by atoms with Crippen LogP contribution in [0.2, 0.25) is 0 Å². The summed E-state index contributed by atoms with van der Waals surface area (Å²) in [5.74, 6) is 3.07. The maximum absolute atomic E-state index is 12.9. The monoisotopic (exact) mass is 642 g/mol. The number of phenols is 1. The number of carbonyl (C=O) groups excluding carboxylic acids is 2. The van der Waals surface area contributed by atoms with Crippen LogP contribution in [0.25, 0.3) is 0 Å². The van der Waals surface area contributed by atoms with E-state index in [0.29, 0.717) is 57.8 Å². The Balaban J connectivity index is 0.000000208. The molecule has 0 aromatic heterocycles. The molecule has 2 aliphatic rings. The highest BCUT2D eigenvalue weighted by atomic mass is 16.5. The first kappa shape index (κ1) is 34.7. The van der Waals surface area contributed by atoms with E-state index < -0.39 is 5.92 Å². The summed E-state index contributed by atoms with van der Waals surface area (Å²) in [5, 5.41) is 9.75. The molecule has 9 nitrogen and oxygen atoms in total. The van der Waals surface area contributed by atoms with Crippen LogP contribution in [-0.4, -0.2) is 58.3 Å². The molecule has 6 rings (SSSR count). The van der Waals surface area contributed by atoms with Crippen molar-refractivity contribution in [3.8, 4) is 40.2 Å². The van der Waals surface area contributed by atoms with Crippen LogP contribution in [-0.2, 0) is 0 Å². The summed E-state index contributed by atoms with van der Waals surface area (Å²) in [6.07, 6.45) is 0. The van der Waals surface area contributed by atoms with E-state index in [-0.39, 0.29) is 37.3 Å². The third kappa shape index (κ3) is 6.56. The molecule has 2 unspecified atom stereocenters. The number of benzene rings is 4. The van der Waals surface area contributed by atoms with Crippen molar-refractivity contribution in [2.45, 2.75) is 40.0 Å². The second-order valence-electron chi connectivity index (χ2n) is 11.2. The maximum atomic E-state index is 12.9. The lowest BCUT2D eigenvalue weighted by atomic mass is 9.87. The SMILES string of the molecule is C.COc1ccc(C2COc3c(ccc(C)c3C)C2=O)cc1OC.COc1ccc(C2COc3c(ccc(O)c3C)C2=O)cc1OC. The van der Waals surface area contributed by atoms with Crippen LogP contribution in [0.5, 0.6) is 40.2 Å². The minimum atomic E-state index is -0.411. The zero-order valence-electron chi connectivity index (χ0n) is 27.1. The fraction of sp³-hybridized carbons (Fsp3) is 0.316. The molecule has 0 aliphatic carbocycles. The van der Waals surface area contributed by atoms with Gasteiger partial charge in [0.25, 0.3) is 0 Å². The van der Waals surface area contributed by atoms with Crippen LogP contribution in [0.4, 0.5) is 0 Å². The maximum Gasteiger partial charge on any atom is 0.177 e. The molecular formula is C38H42O9. The van der Waals surface area contributed by atoms with Crippen LogP contribution < -0.4 is 28.4 Å². The number of ether oxygens (including phenoxy) is 6. The van der Waals surface area contributed by atoms with Crippen LogP contribution in [0.3, 0.4) is 0 Å². The number of hydrogen-bond acceptors (Lipinski definition) is 9. The number of aromatic hydroxyl groups is 1. The molecule has 0 saturated carbocycles. The molecular weight excluding hydrogens is 600 g/mol. The van der Waals surface area contributed by atoms with Gasteiger partial charge in [-0.3, -0.25) is 9.59 Å². The van der Waals surface area contributed by atoms with Gasteiger partial charge in [-0.15, -0.1) is 0 Å². The van der Waals surface area contributed by atoms with Crippen LogP contribution >= 0.6 is 0 Å². The molecule has 0 radical (unpaired) electrons. The summed E-state index contributed by atoms with van der Waals surface area (Å²) in [4.78, 5) is 25.7. The molecule has 0 fully saturated rings. The van der Waals surface area contributed by atoms with Gasteiger partial charge in [0, 0.05) is 5.56 Å².